The molecule has 0 unspecified atom stereocenters. The van der Waals surface area contributed by atoms with Crippen LogP contribution in [0.25, 0.3) is 0 Å². The predicted molar refractivity (Wildman–Crippen MR) is 106 cm³/mol. The summed E-state index contributed by atoms with van der Waals surface area (Å²) in [5.41, 5.74) is 2.56. The standard InChI is InChI=1S/C21H26ClNO3/c1-14(2)9-10-25-18-7-5-17(6-8-18)23-20(24)13-26-19-11-15(3)21(22)16(4)12-19/h5-8,11-12,14H,9-10,13H2,1-4H3,(H,23,24). The molecule has 0 atom stereocenters. The molecule has 0 aliphatic carbocycles. The van der Waals surface area contributed by atoms with E-state index in [0.717, 1.165) is 28.3 Å². The van der Waals surface area contributed by atoms with Crippen molar-refractivity contribution in [3.63, 3.8) is 0 Å². The Morgan fingerprint density at radius 2 is 1.65 bits per heavy atom. The van der Waals surface area contributed by atoms with E-state index in [0.29, 0.717) is 24.0 Å². The Bertz CT molecular complexity index is 718. The average Bonchev–Trinajstić information content (AvgIpc) is 2.59. The van der Waals surface area contributed by atoms with Gasteiger partial charge >= 0.3 is 0 Å². The summed E-state index contributed by atoms with van der Waals surface area (Å²) in [6, 6.07) is 11.0. The fourth-order valence-electron chi connectivity index (χ4n) is 2.38. The topological polar surface area (TPSA) is 47.6 Å². The third-order valence-corrected chi connectivity index (χ3v) is 4.48. The molecule has 0 saturated carbocycles. The fourth-order valence-corrected chi connectivity index (χ4v) is 2.49. The second-order valence-corrected chi connectivity index (χ2v) is 7.14. The van der Waals surface area contributed by atoms with Crippen LogP contribution in [0.5, 0.6) is 11.5 Å². The van der Waals surface area contributed by atoms with Gasteiger partial charge in [0.1, 0.15) is 11.5 Å². The summed E-state index contributed by atoms with van der Waals surface area (Å²) < 4.78 is 11.2. The van der Waals surface area contributed by atoms with Gasteiger partial charge in [0.25, 0.3) is 5.91 Å². The highest BCUT2D eigenvalue weighted by Gasteiger charge is 2.07. The molecule has 26 heavy (non-hydrogen) atoms. The number of halogens is 1. The van der Waals surface area contributed by atoms with Gasteiger partial charge in [-0.05, 0) is 73.7 Å². The monoisotopic (exact) mass is 375 g/mol. The lowest BCUT2D eigenvalue weighted by molar-refractivity contribution is -0.118. The minimum absolute atomic E-state index is 0.0623. The van der Waals surface area contributed by atoms with Crippen LogP contribution in [0.3, 0.4) is 0 Å². The minimum atomic E-state index is -0.219. The van der Waals surface area contributed by atoms with E-state index >= 15 is 0 Å². The molecule has 2 rings (SSSR count). The molecular weight excluding hydrogens is 350 g/mol. The Morgan fingerprint density at radius 3 is 2.23 bits per heavy atom. The molecule has 0 aromatic heterocycles. The van der Waals surface area contributed by atoms with E-state index in [1.807, 2.05) is 50.2 Å². The highest BCUT2D eigenvalue weighted by Crippen LogP contribution is 2.25. The van der Waals surface area contributed by atoms with Crippen molar-refractivity contribution in [3.05, 3.63) is 52.5 Å². The van der Waals surface area contributed by atoms with Crippen LogP contribution in [0.1, 0.15) is 31.4 Å². The van der Waals surface area contributed by atoms with Crippen LogP contribution in [-0.4, -0.2) is 19.1 Å². The zero-order valence-corrected chi connectivity index (χ0v) is 16.5. The summed E-state index contributed by atoms with van der Waals surface area (Å²) in [7, 11) is 0. The van der Waals surface area contributed by atoms with Gasteiger partial charge in [0.15, 0.2) is 6.61 Å². The molecule has 2 aromatic rings. The summed E-state index contributed by atoms with van der Waals surface area (Å²) in [6.07, 6.45) is 1.01. The van der Waals surface area contributed by atoms with E-state index in [4.69, 9.17) is 21.1 Å². The molecular formula is C21H26ClNO3. The lowest BCUT2D eigenvalue weighted by Crippen LogP contribution is -2.20. The summed E-state index contributed by atoms with van der Waals surface area (Å²) >= 11 is 6.13. The highest BCUT2D eigenvalue weighted by atomic mass is 35.5. The van der Waals surface area contributed by atoms with Gasteiger partial charge in [0.2, 0.25) is 0 Å². The van der Waals surface area contributed by atoms with Gasteiger partial charge in [-0.3, -0.25) is 4.79 Å². The Morgan fingerprint density at radius 1 is 1.04 bits per heavy atom. The maximum Gasteiger partial charge on any atom is 0.262 e. The van der Waals surface area contributed by atoms with Gasteiger partial charge in [-0.2, -0.15) is 0 Å². The van der Waals surface area contributed by atoms with Crippen LogP contribution >= 0.6 is 11.6 Å². The summed E-state index contributed by atoms with van der Waals surface area (Å²) in [6.45, 7) is 8.78. The summed E-state index contributed by atoms with van der Waals surface area (Å²) in [5.74, 6) is 1.82. The zero-order chi connectivity index (χ0) is 19.1. The van der Waals surface area contributed by atoms with Crippen molar-refractivity contribution in [2.75, 3.05) is 18.5 Å². The first kappa shape index (κ1) is 20.1. The van der Waals surface area contributed by atoms with E-state index in [1.165, 1.54) is 0 Å². The molecule has 0 radical (unpaired) electrons. The lowest BCUT2D eigenvalue weighted by atomic mass is 10.1. The maximum atomic E-state index is 12.1. The second kappa shape index (κ2) is 9.48. The number of benzene rings is 2. The van der Waals surface area contributed by atoms with Gasteiger partial charge < -0.3 is 14.8 Å². The number of amides is 1. The Kier molecular flexibility index (Phi) is 7.34. The van der Waals surface area contributed by atoms with Crippen molar-refractivity contribution in [1.29, 1.82) is 0 Å². The lowest BCUT2D eigenvalue weighted by Gasteiger charge is -2.11. The molecule has 0 heterocycles. The number of anilines is 1. The van der Waals surface area contributed by atoms with E-state index in [1.54, 1.807) is 0 Å². The van der Waals surface area contributed by atoms with E-state index in [9.17, 15) is 4.79 Å². The minimum Gasteiger partial charge on any atom is -0.494 e. The van der Waals surface area contributed by atoms with Gasteiger partial charge in [0.05, 0.1) is 6.61 Å². The largest absolute Gasteiger partial charge is 0.494 e. The Balaban J connectivity index is 1.82. The third-order valence-electron chi connectivity index (χ3n) is 3.88. The number of nitrogens with one attached hydrogen (secondary N) is 1. The Hall–Kier alpha value is -2.20. The summed E-state index contributed by atoms with van der Waals surface area (Å²) in [5, 5.41) is 3.53. The van der Waals surface area contributed by atoms with Crippen LogP contribution in [0, 0.1) is 19.8 Å². The first-order valence-corrected chi connectivity index (χ1v) is 9.15. The smallest absolute Gasteiger partial charge is 0.262 e. The molecule has 0 aliphatic heterocycles. The number of carbonyl (C=O) groups excluding carboxylic acids is 1. The molecule has 0 fully saturated rings. The molecule has 1 N–H and O–H groups in total. The van der Waals surface area contributed by atoms with E-state index < -0.39 is 0 Å². The predicted octanol–water partition coefficient (Wildman–Crippen LogP) is 5.40. The number of hydrogen-bond donors (Lipinski definition) is 1. The average molecular weight is 376 g/mol. The first-order valence-electron chi connectivity index (χ1n) is 8.77. The van der Waals surface area contributed by atoms with Crippen molar-refractivity contribution in [2.45, 2.75) is 34.1 Å². The first-order chi connectivity index (χ1) is 12.3. The molecule has 0 saturated heterocycles. The quantitative estimate of drug-likeness (QED) is 0.672. The van der Waals surface area contributed by atoms with Crippen LogP contribution in [0.15, 0.2) is 36.4 Å². The molecule has 0 aliphatic rings. The van der Waals surface area contributed by atoms with Crippen molar-refractivity contribution < 1.29 is 14.3 Å². The van der Waals surface area contributed by atoms with Gasteiger partial charge in [-0.25, -0.2) is 0 Å². The third kappa shape index (κ3) is 6.26. The van der Waals surface area contributed by atoms with Crippen molar-refractivity contribution in [2.24, 2.45) is 5.92 Å². The number of ether oxygens (including phenoxy) is 2. The SMILES string of the molecule is Cc1cc(OCC(=O)Nc2ccc(OCCC(C)C)cc2)cc(C)c1Cl. The maximum absolute atomic E-state index is 12.1. The number of aryl methyl sites for hydroxylation is 2. The molecule has 5 heteroatoms. The van der Waals surface area contributed by atoms with Crippen LogP contribution in [0.2, 0.25) is 5.02 Å². The van der Waals surface area contributed by atoms with Crippen LogP contribution in [-0.2, 0) is 4.79 Å². The van der Waals surface area contributed by atoms with Crippen LogP contribution in [0.4, 0.5) is 5.69 Å². The molecule has 2 aromatic carbocycles. The Labute approximate surface area is 160 Å². The van der Waals surface area contributed by atoms with Gasteiger partial charge in [-0.1, -0.05) is 25.4 Å². The number of hydrogen-bond acceptors (Lipinski definition) is 3. The highest BCUT2D eigenvalue weighted by molar-refractivity contribution is 6.32. The van der Waals surface area contributed by atoms with Crippen molar-refractivity contribution in [1.82, 2.24) is 0 Å². The number of rotatable bonds is 8. The summed E-state index contributed by atoms with van der Waals surface area (Å²) in [4.78, 5) is 12.1. The molecule has 140 valence electrons. The van der Waals surface area contributed by atoms with Crippen molar-refractivity contribution in [3.8, 4) is 11.5 Å². The van der Waals surface area contributed by atoms with E-state index in [-0.39, 0.29) is 12.5 Å². The zero-order valence-electron chi connectivity index (χ0n) is 15.8. The molecule has 4 nitrogen and oxygen atoms in total. The van der Waals surface area contributed by atoms with Crippen LogP contribution < -0.4 is 14.8 Å². The van der Waals surface area contributed by atoms with Gasteiger partial charge in [0, 0.05) is 10.7 Å². The van der Waals surface area contributed by atoms with Gasteiger partial charge in [-0.15, -0.1) is 0 Å². The van der Waals surface area contributed by atoms with Crippen molar-refractivity contribution >= 4 is 23.2 Å². The molecule has 1 amide bonds. The van der Waals surface area contributed by atoms with E-state index in [2.05, 4.69) is 19.2 Å². The normalized spacial score (nSPS) is 10.7. The second-order valence-electron chi connectivity index (χ2n) is 6.76. The molecule has 0 bridgehead atoms. The molecule has 0 spiro atoms. The fraction of sp³-hybridized carbons (Fsp3) is 0.381. The number of carbonyl (C=O) groups is 1.